The van der Waals surface area contributed by atoms with Crippen LogP contribution in [0.25, 0.3) is 0 Å². The Morgan fingerprint density at radius 2 is 2.16 bits per heavy atom. The number of carbonyl (C=O) groups excluding carboxylic acids is 2. The van der Waals surface area contributed by atoms with Gasteiger partial charge in [-0.2, -0.15) is 0 Å². The summed E-state index contributed by atoms with van der Waals surface area (Å²) in [4.78, 5) is 26.8. The zero-order valence-corrected chi connectivity index (χ0v) is 15.7. The highest BCUT2D eigenvalue weighted by molar-refractivity contribution is 5.97. The van der Waals surface area contributed by atoms with Crippen molar-refractivity contribution in [3.8, 4) is 0 Å². The first-order valence-corrected chi connectivity index (χ1v) is 9.33. The molecular formula is C20H31N3O2. The van der Waals surface area contributed by atoms with E-state index in [0.717, 1.165) is 31.0 Å². The van der Waals surface area contributed by atoms with E-state index in [1.54, 1.807) is 13.0 Å². The number of nitrogens with zero attached hydrogens (tertiary/aromatic N) is 1. The van der Waals surface area contributed by atoms with E-state index in [0.29, 0.717) is 12.1 Å². The lowest BCUT2D eigenvalue weighted by atomic mass is 10.0. The average molecular weight is 345 g/mol. The molecule has 1 aliphatic heterocycles. The Morgan fingerprint density at radius 3 is 2.88 bits per heavy atom. The molecule has 25 heavy (non-hydrogen) atoms. The third kappa shape index (κ3) is 6.50. The number of nitrogens with one attached hydrogen (secondary N) is 2. The lowest BCUT2D eigenvalue weighted by molar-refractivity contribution is -0.122. The van der Waals surface area contributed by atoms with E-state index in [9.17, 15) is 9.59 Å². The van der Waals surface area contributed by atoms with Crippen LogP contribution in [-0.4, -0.2) is 48.9 Å². The first-order chi connectivity index (χ1) is 12.0. The lowest BCUT2D eigenvalue weighted by Gasteiger charge is -2.30. The highest BCUT2D eigenvalue weighted by atomic mass is 16.2. The number of likely N-dealkylation sites (tertiary alicyclic amines) is 1. The van der Waals surface area contributed by atoms with Gasteiger partial charge in [-0.1, -0.05) is 24.6 Å². The molecule has 1 aliphatic rings. The van der Waals surface area contributed by atoms with Crippen LogP contribution in [0, 0.1) is 12.8 Å². The van der Waals surface area contributed by atoms with Gasteiger partial charge in [0, 0.05) is 18.7 Å². The van der Waals surface area contributed by atoms with Crippen molar-refractivity contribution in [1.82, 2.24) is 15.5 Å². The molecule has 2 unspecified atom stereocenters. The molecule has 0 spiro atoms. The third-order valence-electron chi connectivity index (χ3n) is 4.71. The number of amides is 2. The average Bonchev–Trinajstić information content (AvgIpc) is 2.58. The number of carbonyl (C=O) groups is 2. The molecule has 138 valence electrons. The molecule has 0 bridgehead atoms. The molecule has 0 saturated carbocycles. The number of piperidine rings is 1. The standard InChI is InChI=1S/C20H31N3O2/c1-15-7-4-9-18(13-15)20(25)22-17(3)19(24)21-10-6-12-23-11-5-8-16(2)14-23/h4,7,9,13,16-17H,5-6,8,10-12,14H2,1-3H3,(H,21,24)(H,22,25). The summed E-state index contributed by atoms with van der Waals surface area (Å²) in [5, 5.41) is 5.68. The quantitative estimate of drug-likeness (QED) is 0.746. The number of aryl methyl sites for hydroxylation is 1. The Labute approximate surface area is 151 Å². The van der Waals surface area contributed by atoms with E-state index in [4.69, 9.17) is 0 Å². The van der Waals surface area contributed by atoms with Gasteiger partial charge < -0.3 is 15.5 Å². The van der Waals surface area contributed by atoms with Gasteiger partial charge in [-0.05, 0) is 64.3 Å². The summed E-state index contributed by atoms with van der Waals surface area (Å²) in [5.74, 6) is 0.432. The van der Waals surface area contributed by atoms with Crippen LogP contribution in [0.5, 0.6) is 0 Å². The molecular weight excluding hydrogens is 314 g/mol. The first kappa shape index (κ1) is 19.4. The predicted octanol–water partition coefficient (Wildman–Crippen LogP) is 2.35. The zero-order valence-electron chi connectivity index (χ0n) is 15.7. The van der Waals surface area contributed by atoms with Gasteiger partial charge in [0.15, 0.2) is 0 Å². The number of hydrogen-bond donors (Lipinski definition) is 2. The summed E-state index contributed by atoms with van der Waals surface area (Å²) in [6.45, 7) is 9.96. The van der Waals surface area contributed by atoms with Gasteiger partial charge in [-0.25, -0.2) is 0 Å². The fraction of sp³-hybridized carbons (Fsp3) is 0.600. The van der Waals surface area contributed by atoms with Crippen LogP contribution >= 0.6 is 0 Å². The summed E-state index contributed by atoms with van der Waals surface area (Å²) in [6.07, 6.45) is 3.54. The van der Waals surface area contributed by atoms with Crippen LogP contribution in [0.15, 0.2) is 24.3 Å². The minimum absolute atomic E-state index is 0.131. The van der Waals surface area contributed by atoms with Crippen molar-refractivity contribution in [2.75, 3.05) is 26.2 Å². The third-order valence-corrected chi connectivity index (χ3v) is 4.71. The van der Waals surface area contributed by atoms with Crippen molar-refractivity contribution in [2.45, 2.75) is 46.1 Å². The highest BCUT2D eigenvalue weighted by Gasteiger charge is 2.17. The van der Waals surface area contributed by atoms with Crippen molar-refractivity contribution < 1.29 is 9.59 Å². The van der Waals surface area contributed by atoms with Crippen LogP contribution in [-0.2, 0) is 4.79 Å². The number of rotatable bonds is 7. The van der Waals surface area contributed by atoms with E-state index >= 15 is 0 Å². The van der Waals surface area contributed by atoms with Crippen molar-refractivity contribution in [1.29, 1.82) is 0 Å². The van der Waals surface area contributed by atoms with Gasteiger partial charge in [-0.3, -0.25) is 9.59 Å². The normalized spacial score (nSPS) is 19.2. The van der Waals surface area contributed by atoms with Crippen molar-refractivity contribution in [2.24, 2.45) is 5.92 Å². The van der Waals surface area contributed by atoms with Gasteiger partial charge in [0.05, 0.1) is 0 Å². The fourth-order valence-corrected chi connectivity index (χ4v) is 3.29. The minimum atomic E-state index is -0.539. The minimum Gasteiger partial charge on any atom is -0.354 e. The lowest BCUT2D eigenvalue weighted by Crippen LogP contribution is -2.45. The van der Waals surface area contributed by atoms with Gasteiger partial charge in [0.2, 0.25) is 5.91 Å². The molecule has 0 aromatic heterocycles. The molecule has 0 aliphatic carbocycles. The SMILES string of the molecule is Cc1cccc(C(=O)NC(C)C(=O)NCCCN2CCCC(C)C2)c1. The molecule has 1 aromatic carbocycles. The second kappa shape index (κ2) is 9.56. The Morgan fingerprint density at radius 1 is 1.36 bits per heavy atom. The first-order valence-electron chi connectivity index (χ1n) is 9.33. The van der Waals surface area contributed by atoms with E-state index in [1.165, 1.54) is 19.4 Å². The molecule has 5 heteroatoms. The molecule has 0 radical (unpaired) electrons. The van der Waals surface area contributed by atoms with E-state index in [1.807, 2.05) is 25.1 Å². The van der Waals surface area contributed by atoms with Gasteiger partial charge in [0.25, 0.3) is 5.91 Å². The maximum atomic E-state index is 12.2. The molecule has 5 nitrogen and oxygen atoms in total. The van der Waals surface area contributed by atoms with Crippen molar-refractivity contribution in [3.63, 3.8) is 0 Å². The second-order valence-corrected chi connectivity index (χ2v) is 7.26. The molecule has 1 heterocycles. The van der Waals surface area contributed by atoms with E-state index in [-0.39, 0.29) is 11.8 Å². The highest BCUT2D eigenvalue weighted by Crippen LogP contribution is 2.15. The van der Waals surface area contributed by atoms with Crippen molar-refractivity contribution in [3.05, 3.63) is 35.4 Å². The Kier molecular flexibility index (Phi) is 7.44. The molecule has 2 amide bonds. The van der Waals surface area contributed by atoms with Gasteiger partial charge >= 0.3 is 0 Å². The number of hydrogen-bond acceptors (Lipinski definition) is 3. The molecule has 2 N–H and O–H groups in total. The van der Waals surface area contributed by atoms with Crippen molar-refractivity contribution >= 4 is 11.8 Å². The predicted molar refractivity (Wildman–Crippen MR) is 101 cm³/mol. The Bertz CT molecular complexity index is 588. The summed E-state index contributed by atoms with van der Waals surface area (Å²) in [6, 6.07) is 6.82. The monoisotopic (exact) mass is 345 g/mol. The summed E-state index contributed by atoms with van der Waals surface area (Å²) >= 11 is 0. The molecule has 1 saturated heterocycles. The maximum absolute atomic E-state index is 12.2. The van der Waals surface area contributed by atoms with Crippen LogP contribution in [0.4, 0.5) is 0 Å². The molecule has 1 fully saturated rings. The summed E-state index contributed by atoms with van der Waals surface area (Å²) in [7, 11) is 0. The van der Waals surface area contributed by atoms with E-state index in [2.05, 4.69) is 22.5 Å². The largest absolute Gasteiger partial charge is 0.354 e. The number of benzene rings is 1. The fourth-order valence-electron chi connectivity index (χ4n) is 3.29. The second-order valence-electron chi connectivity index (χ2n) is 7.26. The van der Waals surface area contributed by atoms with Crippen LogP contribution in [0.1, 0.15) is 49.0 Å². The Balaban J connectivity index is 1.67. The van der Waals surface area contributed by atoms with E-state index < -0.39 is 6.04 Å². The van der Waals surface area contributed by atoms with Crippen LogP contribution in [0.3, 0.4) is 0 Å². The molecule has 2 rings (SSSR count). The maximum Gasteiger partial charge on any atom is 0.251 e. The zero-order chi connectivity index (χ0) is 18.2. The molecule has 2 atom stereocenters. The topological polar surface area (TPSA) is 61.4 Å². The molecule has 1 aromatic rings. The smallest absolute Gasteiger partial charge is 0.251 e. The Hall–Kier alpha value is -1.88. The van der Waals surface area contributed by atoms with Gasteiger partial charge in [-0.15, -0.1) is 0 Å². The van der Waals surface area contributed by atoms with Crippen LogP contribution in [0.2, 0.25) is 0 Å². The van der Waals surface area contributed by atoms with Gasteiger partial charge in [0.1, 0.15) is 6.04 Å². The summed E-state index contributed by atoms with van der Waals surface area (Å²) < 4.78 is 0. The summed E-state index contributed by atoms with van der Waals surface area (Å²) in [5.41, 5.74) is 1.61. The van der Waals surface area contributed by atoms with Crippen LogP contribution < -0.4 is 10.6 Å².